The number of aliphatic hydroxyl groups is 1. The van der Waals surface area contributed by atoms with E-state index in [1.807, 2.05) is 0 Å². The van der Waals surface area contributed by atoms with E-state index in [0.29, 0.717) is 12.3 Å². The maximum absolute atomic E-state index is 12.5. The summed E-state index contributed by atoms with van der Waals surface area (Å²) in [5.74, 6) is 0.238. The van der Waals surface area contributed by atoms with Crippen molar-refractivity contribution in [3.63, 3.8) is 0 Å². The average molecular weight is 251 g/mol. The Morgan fingerprint density at radius 2 is 1.89 bits per heavy atom. The average Bonchev–Trinajstić information content (AvgIpc) is 3.17. The summed E-state index contributed by atoms with van der Waals surface area (Å²) in [5, 5.41) is 9.93. The molecular formula is C14H21NO3. The molecule has 1 heterocycles. The molecule has 3 fully saturated rings. The Balaban J connectivity index is 1.71. The van der Waals surface area contributed by atoms with Crippen molar-refractivity contribution in [2.75, 3.05) is 6.54 Å². The van der Waals surface area contributed by atoms with Gasteiger partial charge in [-0.3, -0.25) is 14.5 Å². The van der Waals surface area contributed by atoms with Gasteiger partial charge in [-0.1, -0.05) is 19.3 Å². The van der Waals surface area contributed by atoms with Crippen molar-refractivity contribution in [1.82, 2.24) is 4.90 Å². The van der Waals surface area contributed by atoms with Gasteiger partial charge in [0.1, 0.15) is 0 Å². The molecule has 3 aliphatic rings. The first-order chi connectivity index (χ1) is 8.62. The zero-order valence-electron chi connectivity index (χ0n) is 10.7. The standard InChI is InChI=1S/C14H21NO3/c16-11(10-4-5-10)9-15-12(17)8-14(13(15)18)6-2-1-3-7-14/h10-11,16H,1-9H2. The fourth-order valence-corrected chi connectivity index (χ4v) is 3.48. The van der Waals surface area contributed by atoms with Crippen molar-refractivity contribution in [3.05, 3.63) is 0 Å². The molecule has 2 saturated carbocycles. The normalized spacial score (nSPS) is 29.1. The van der Waals surface area contributed by atoms with Gasteiger partial charge in [-0.25, -0.2) is 0 Å². The molecule has 1 unspecified atom stereocenters. The number of imide groups is 1. The Hall–Kier alpha value is -0.900. The lowest BCUT2D eigenvalue weighted by molar-refractivity contribution is -0.144. The second-order valence-electron chi connectivity index (χ2n) is 6.23. The van der Waals surface area contributed by atoms with Crippen molar-refractivity contribution in [2.24, 2.45) is 11.3 Å². The van der Waals surface area contributed by atoms with E-state index >= 15 is 0 Å². The van der Waals surface area contributed by atoms with Crippen LogP contribution in [0.25, 0.3) is 0 Å². The van der Waals surface area contributed by atoms with Gasteiger partial charge in [-0.05, 0) is 31.6 Å². The molecule has 3 rings (SSSR count). The molecule has 100 valence electrons. The summed E-state index contributed by atoms with van der Waals surface area (Å²) < 4.78 is 0. The Bertz CT molecular complexity index is 369. The first-order valence-electron chi connectivity index (χ1n) is 7.15. The third kappa shape index (κ3) is 1.96. The largest absolute Gasteiger partial charge is 0.391 e. The van der Waals surface area contributed by atoms with Gasteiger partial charge < -0.3 is 5.11 Å². The van der Waals surface area contributed by atoms with Gasteiger partial charge in [0.05, 0.1) is 18.1 Å². The monoisotopic (exact) mass is 251 g/mol. The van der Waals surface area contributed by atoms with E-state index in [9.17, 15) is 14.7 Å². The van der Waals surface area contributed by atoms with Crippen molar-refractivity contribution in [3.8, 4) is 0 Å². The number of amides is 2. The van der Waals surface area contributed by atoms with Gasteiger partial charge in [0.15, 0.2) is 0 Å². The van der Waals surface area contributed by atoms with Gasteiger partial charge in [0, 0.05) is 6.42 Å². The van der Waals surface area contributed by atoms with Gasteiger partial charge in [-0.15, -0.1) is 0 Å². The number of carbonyl (C=O) groups excluding carboxylic acids is 2. The molecule has 0 aromatic rings. The van der Waals surface area contributed by atoms with E-state index in [0.717, 1.165) is 38.5 Å². The van der Waals surface area contributed by atoms with Crippen LogP contribution in [0, 0.1) is 11.3 Å². The minimum atomic E-state index is -0.503. The Kier molecular flexibility index (Phi) is 2.93. The smallest absolute Gasteiger partial charge is 0.235 e. The van der Waals surface area contributed by atoms with Crippen LogP contribution < -0.4 is 0 Å². The number of likely N-dealkylation sites (tertiary alicyclic amines) is 1. The molecule has 18 heavy (non-hydrogen) atoms. The maximum Gasteiger partial charge on any atom is 0.235 e. The van der Waals surface area contributed by atoms with Gasteiger partial charge in [0.25, 0.3) is 0 Å². The summed E-state index contributed by atoms with van der Waals surface area (Å²) in [6, 6.07) is 0. The lowest BCUT2D eigenvalue weighted by Gasteiger charge is -2.30. The summed E-state index contributed by atoms with van der Waals surface area (Å²) in [4.78, 5) is 25.8. The Labute approximate surface area is 107 Å². The van der Waals surface area contributed by atoms with Crippen LogP contribution in [0.2, 0.25) is 0 Å². The minimum Gasteiger partial charge on any atom is -0.391 e. The number of carbonyl (C=O) groups is 2. The van der Waals surface area contributed by atoms with E-state index in [1.54, 1.807) is 0 Å². The zero-order valence-corrected chi connectivity index (χ0v) is 10.7. The highest BCUT2D eigenvalue weighted by molar-refractivity contribution is 6.06. The third-order valence-electron chi connectivity index (χ3n) is 4.84. The van der Waals surface area contributed by atoms with E-state index < -0.39 is 11.5 Å². The van der Waals surface area contributed by atoms with Gasteiger partial charge >= 0.3 is 0 Å². The number of hydrogen-bond acceptors (Lipinski definition) is 3. The minimum absolute atomic E-state index is 0.00750. The number of aliphatic hydroxyl groups excluding tert-OH is 1. The van der Waals surface area contributed by atoms with Crippen molar-refractivity contribution in [2.45, 2.75) is 57.5 Å². The molecule has 2 amide bonds. The van der Waals surface area contributed by atoms with Crippen LogP contribution in [0.5, 0.6) is 0 Å². The first kappa shape index (κ1) is 12.2. The fourth-order valence-electron chi connectivity index (χ4n) is 3.48. The number of β-amino-alcohol motifs (C(OH)–C–C–N with tert-alkyl or cyclic N) is 1. The lowest BCUT2D eigenvalue weighted by atomic mass is 9.73. The Morgan fingerprint density at radius 1 is 1.22 bits per heavy atom. The quantitative estimate of drug-likeness (QED) is 0.773. The van der Waals surface area contributed by atoms with E-state index in [1.165, 1.54) is 11.3 Å². The van der Waals surface area contributed by atoms with Crippen molar-refractivity contribution < 1.29 is 14.7 Å². The summed E-state index contributed by atoms with van der Waals surface area (Å²) >= 11 is 0. The second-order valence-corrected chi connectivity index (χ2v) is 6.23. The molecule has 4 nitrogen and oxygen atoms in total. The lowest BCUT2D eigenvalue weighted by Crippen LogP contribution is -2.41. The van der Waals surface area contributed by atoms with E-state index in [4.69, 9.17) is 0 Å². The molecule has 1 aliphatic heterocycles. The predicted molar refractivity (Wildman–Crippen MR) is 65.6 cm³/mol. The van der Waals surface area contributed by atoms with Crippen LogP contribution in [0.15, 0.2) is 0 Å². The fraction of sp³-hybridized carbons (Fsp3) is 0.857. The summed E-state index contributed by atoms with van der Waals surface area (Å²) in [5.41, 5.74) is -0.404. The number of hydrogen-bond donors (Lipinski definition) is 1. The summed E-state index contributed by atoms with van der Waals surface area (Å²) in [6.45, 7) is 0.226. The van der Waals surface area contributed by atoms with Crippen molar-refractivity contribution >= 4 is 11.8 Å². The third-order valence-corrected chi connectivity index (χ3v) is 4.84. The first-order valence-corrected chi connectivity index (χ1v) is 7.15. The van der Waals surface area contributed by atoms with Gasteiger partial charge in [0.2, 0.25) is 11.8 Å². The topological polar surface area (TPSA) is 57.6 Å². The summed E-state index contributed by atoms with van der Waals surface area (Å²) in [6.07, 6.45) is 6.93. The molecular weight excluding hydrogens is 230 g/mol. The van der Waals surface area contributed by atoms with Crippen LogP contribution in [-0.2, 0) is 9.59 Å². The van der Waals surface area contributed by atoms with E-state index in [2.05, 4.69) is 0 Å². The predicted octanol–water partition coefficient (Wildman–Crippen LogP) is 1.47. The molecule has 0 bridgehead atoms. The molecule has 0 aromatic carbocycles. The molecule has 0 radical (unpaired) electrons. The van der Waals surface area contributed by atoms with Crippen LogP contribution in [-0.4, -0.2) is 34.5 Å². The Morgan fingerprint density at radius 3 is 2.50 bits per heavy atom. The van der Waals surface area contributed by atoms with Crippen LogP contribution in [0.4, 0.5) is 0 Å². The highest BCUT2D eigenvalue weighted by Crippen LogP contribution is 2.45. The zero-order chi connectivity index (χ0) is 12.8. The molecule has 4 heteroatoms. The number of rotatable bonds is 3. The van der Waals surface area contributed by atoms with Crippen LogP contribution in [0.3, 0.4) is 0 Å². The van der Waals surface area contributed by atoms with Crippen LogP contribution >= 0.6 is 0 Å². The maximum atomic E-state index is 12.5. The second kappa shape index (κ2) is 4.34. The van der Waals surface area contributed by atoms with Gasteiger partial charge in [-0.2, -0.15) is 0 Å². The molecule has 1 atom stereocenters. The molecule has 1 saturated heterocycles. The van der Waals surface area contributed by atoms with E-state index in [-0.39, 0.29) is 18.4 Å². The highest BCUT2D eigenvalue weighted by atomic mass is 16.3. The summed E-state index contributed by atoms with van der Waals surface area (Å²) in [7, 11) is 0. The highest BCUT2D eigenvalue weighted by Gasteiger charge is 2.52. The molecule has 1 N–H and O–H groups in total. The molecule has 2 aliphatic carbocycles. The van der Waals surface area contributed by atoms with Crippen LogP contribution in [0.1, 0.15) is 51.4 Å². The molecule has 0 aromatic heterocycles. The number of nitrogens with zero attached hydrogens (tertiary/aromatic N) is 1. The SMILES string of the molecule is O=C1CC2(CCCCC2)C(=O)N1CC(O)C1CC1. The van der Waals surface area contributed by atoms with Crippen molar-refractivity contribution in [1.29, 1.82) is 0 Å². The molecule has 1 spiro atoms.